The first-order valence-electron chi connectivity index (χ1n) is 7.24. The van der Waals surface area contributed by atoms with E-state index in [1.54, 1.807) is 0 Å². The Morgan fingerprint density at radius 3 is 2.04 bits per heavy atom. The molecule has 0 N–H and O–H groups in total. The molecule has 138 valence electrons. The van der Waals surface area contributed by atoms with E-state index in [-0.39, 0.29) is 23.8 Å². The van der Waals surface area contributed by atoms with E-state index in [1.807, 2.05) is 0 Å². The van der Waals surface area contributed by atoms with Crippen LogP contribution < -0.4 is 4.90 Å². The Morgan fingerprint density at radius 1 is 0.885 bits per heavy atom. The maximum atomic E-state index is 13.8. The molecule has 1 saturated heterocycles. The Balaban J connectivity index is 1.87. The third-order valence-electron chi connectivity index (χ3n) is 3.96. The minimum absolute atomic E-state index is 0.0344. The Labute approximate surface area is 148 Å². The number of amides is 2. The molecule has 2 aromatic rings. The lowest BCUT2D eigenvalue weighted by Gasteiger charge is -2.20. The number of halogens is 7. The highest BCUT2D eigenvalue weighted by Crippen LogP contribution is 2.28. The van der Waals surface area contributed by atoms with Gasteiger partial charge in [-0.15, -0.1) is 0 Å². The summed E-state index contributed by atoms with van der Waals surface area (Å²) in [6, 6.07) is 2.77. The number of nitrogens with zero attached hydrogens (tertiary/aromatic N) is 2. The molecule has 1 aliphatic rings. The lowest BCUT2D eigenvalue weighted by molar-refractivity contribution is 0.216. The van der Waals surface area contributed by atoms with E-state index in [9.17, 15) is 31.1 Å². The zero-order valence-electron chi connectivity index (χ0n) is 12.8. The van der Waals surface area contributed by atoms with Gasteiger partial charge in [0.2, 0.25) is 5.82 Å². The van der Waals surface area contributed by atoms with Gasteiger partial charge in [-0.05, 0) is 18.2 Å². The number of anilines is 1. The third-order valence-corrected chi connectivity index (χ3v) is 4.25. The maximum Gasteiger partial charge on any atom is 0.324 e. The molecule has 0 unspecified atom stereocenters. The second kappa shape index (κ2) is 6.71. The lowest BCUT2D eigenvalue weighted by atomic mass is 10.1. The third kappa shape index (κ3) is 2.96. The van der Waals surface area contributed by atoms with Gasteiger partial charge in [-0.3, -0.25) is 4.90 Å². The molecule has 3 nitrogen and oxygen atoms in total. The molecular formula is C16H9ClF6N2O. The van der Waals surface area contributed by atoms with Crippen molar-refractivity contribution in [3.63, 3.8) is 0 Å². The Kier molecular flexibility index (Phi) is 4.74. The van der Waals surface area contributed by atoms with E-state index in [4.69, 9.17) is 11.6 Å². The average molecular weight is 395 g/mol. The molecule has 0 spiro atoms. The highest BCUT2D eigenvalue weighted by molar-refractivity contribution is 6.31. The van der Waals surface area contributed by atoms with Crippen LogP contribution in [0.1, 0.15) is 5.56 Å². The smallest absolute Gasteiger partial charge is 0.318 e. The van der Waals surface area contributed by atoms with Crippen molar-refractivity contribution in [3.05, 3.63) is 63.7 Å². The summed E-state index contributed by atoms with van der Waals surface area (Å²) in [4.78, 5) is 14.4. The van der Waals surface area contributed by atoms with Crippen molar-refractivity contribution in [2.24, 2.45) is 0 Å². The van der Waals surface area contributed by atoms with Crippen LogP contribution in [0.3, 0.4) is 0 Å². The van der Waals surface area contributed by atoms with Crippen molar-refractivity contribution >= 4 is 23.3 Å². The standard InChI is InChI=1S/C16H9ClF6N2O/c17-9-5-7(1-2-10(9)18)25-4-3-24(16(25)26)6-8-11(19)13(21)15(23)14(22)12(8)20/h1-2,5H,3-4,6H2. The van der Waals surface area contributed by atoms with Crippen LogP contribution in [0.5, 0.6) is 0 Å². The first-order valence-corrected chi connectivity index (χ1v) is 7.62. The fourth-order valence-electron chi connectivity index (χ4n) is 2.60. The molecule has 1 heterocycles. The van der Waals surface area contributed by atoms with Crippen LogP contribution in [0.2, 0.25) is 5.02 Å². The number of carbonyl (C=O) groups is 1. The molecule has 0 aliphatic carbocycles. The quantitative estimate of drug-likeness (QED) is 0.423. The minimum atomic E-state index is -2.26. The summed E-state index contributed by atoms with van der Waals surface area (Å²) in [6.45, 7) is -0.778. The fourth-order valence-corrected chi connectivity index (χ4v) is 2.78. The molecule has 3 rings (SSSR count). The van der Waals surface area contributed by atoms with Gasteiger partial charge in [0.25, 0.3) is 0 Å². The molecule has 0 radical (unpaired) electrons. The maximum absolute atomic E-state index is 13.8. The molecule has 1 aliphatic heterocycles. The summed E-state index contributed by atoms with van der Waals surface area (Å²) in [5.74, 6) is -11.1. The Bertz CT molecular complexity index is 878. The SMILES string of the molecule is O=C1N(Cc2c(F)c(F)c(F)c(F)c2F)CCN1c1ccc(F)c(Cl)c1. The molecule has 0 bridgehead atoms. The number of hydrogen-bond donors (Lipinski definition) is 0. The summed E-state index contributed by atoms with van der Waals surface area (Å²) in [5, 5.41) is -0.228. The summed E-state index contributed by atoms with van der Waals surface area (Å²) in [6.07, 6.45) is 0. The van der Waals surface area contributed by atoms with E-state index in [2.05, 4.69) is 0 Å². The van der Waals surface area contributed by atoms with Gasteiger partial charge in [0, 0.05) is 24.3 Å². The van der Waals surface area contributed by atoms with E-state index >= 15 is 0 Å². The molecule has 0 aromatic heterocycles. The van der Waals surface area contributed by atoms with Crippen LogP contribution in [-0.4, -0.2) is 24.0 Å². The Hall–Kier alpha value is -2.42. The summed E-state index contributed by atoms with van der Waals surface area (Å²) < 4.78 is 80.4. The molecule has 0 atom stereocenters. The fraction of sp³-hybridized carbons (Fsp3) is 0.188. The summed E-state index contributed by atoms with van der Waals surface area (Å²) >= 11 is 5.65. The van der Waals surface area contributed by atoms with Crippen LogP contribution in [0.15, 0.2) is 18.2 Å². The van der Waals surface area contributed by atoms with Crippen molar-refractivity contribution < 1.29 is 31.1 Å². The largest absolute Gasteiger partial charge is 0.324 e. The van der Waals surface area contributed by atoms with Gasteiger partial charge in [0.15, 0.2) is 23.3 Å². The monoisotopic (exact) mass is 394 g/mol. The van der Waals surface area contributed by atoms with Crippen molar-refractivity contribution in [3.8, 4) is 0 Å². The average Bonchev–Trinajstić information content (AvgIpc) is 2.98. The second-order valence-electron chi connectivity index (χ2n) is 5.50. The van der Waals surface area contributed by atoms with E-state index < -0.39 is 53.0 Å². The van der Waals surface area contributed by atoms with Crippen LogP contribution in [0.25, 0.3) is 0 Å². The van der Waals surface area contributed by atoms with Crippen molar-refractivity contribution in [1.29, 1.82) is 0 Å². The summed E-state index contributed by atoms with van der Waals surface area (Å²) in [7, 11) is 0. The van der Waals surface area contributed by atoms with Gasteiger partial charge in [0.05, 0.1) is 11.6 Å². The van der Waals surface area contributed by atoms with E-state index in [0.29, 0.717) is 0 Å². The normalized spacial score (nSPS) is 14.5. The van der Waals surface area contributed by atoms with Gasteiger partial charge in [0.1, 0.15) is 5.82 Å². The van der Waals surface area contributed by atoms with Crippen molar-refractivity contribution in [2.45, 2.75) is 6.54 Å². The van der Waals surface area contributed by atoms with E-state index in [0.717, 1.165) is 15.9 Å². The van der Waals surface area contributed by atoms with Crippen molar-refractivity contribution in [1.82, 2.24) is 4.90 Å². The van der Waals surface area contributed by atoms with Gasteiger partial charge < -0.3 is 4.90 Å². The molecule has 10 heteroatoms. The number of benzene rings is 2. The van der Waals surface area contributed by atoms with Gasteiger partial charge >= 0.3 is 6.03 Å². The molecule has 2 aromatic carbocycles. The number of hydrogen-bond acceptors (Lipinski definition) is 1. The molecule has 1 fully saturated rings. The predicted molar refractivity (Wildman–Crippen MR) is 80.8 cm³/mol. The Morgan fingerprint density at radius 2 is 1.46 bits per heavy atom. The molecule has 26 heavy (non-hydrogen) atoms. The minimum Gasteiger partial charge on any atom is -0.318 e. The number of carbonyl (C=O) groups excluding carboxylic acids is 1. The van der Waals surface area contributed by atoms with Crippen LogP contribution in [-0.2, 0) is 6.54 Å². The van der Waals surface area contributed by atoms with E-state index in [1.165, 1.54) is 12.1 Å². The molecule has 2 amide bonds. The zero-order valence-corrected chi connectivity index (χ0v) is 13.6. The predicted octanol–water partition coefficient (Wildman–Crippen LogP) is 4.62. The van der Waals surface area contributed by atoms with Crippen LogP contribution >= 0.6 is 11.6 Å². The molecular weight excluding hydrogens is 386 g/mol. The number of rotatable bonds is 3. The van der Waals surface area contributed by atoms with Gasteiger partial charge in [-0.1, -0.05) is 11.6 Å². The van der Waals surface area contributed by atoms with Crippen LogP contribution in [0.4, 0.5) is 36.8 Å². The lowest BCUT2D eigenvalue weighted by Crippen LogP contribution is -2.32. The second-order valence-corrected chi connectivity index (χ2v) is 5.91. The first kappa shape index (κ1) is 18.4. The zero-order chi connectivity index (χ0) is 19.2. The van der Waals surface area contributed by atoms with Crippen LogP contribution in [0, 0.1) is 34.9 Å². The van der Waals surface area contributed by atoms with Gasteiger partial charge in [-0.2, -0.15) is 0 Å². The topological polar surface area (TPSA) is 23.6 Å². The highest BCUT2D eigenvalue weighted by atomic mass is 35.5. The first-order chi connectivity index (χ1) is 12.2. The summed E-state index contributed by atoms with van der Waals surface area (Å²) in [5.41, 5.74) is -0.866. The highest BCUT2D eigenvalue weighted by Gasteiger charge is 2.33. The molecule has 0 saturated carbocycles. The van der Waals surface area contributed by atoms with Crippen molar-refractivity contribution in [2.75, 3.05) is 18.0 Å². The number of urea groups is 1. The van der Waals surface area contributed by atoms with Gasteiger partial charge in [-0.25, -0.2) is 31.1 Å².